The van der Waals surface area contributed by atoms with Crippen LogP contribution in [0.5, 0.6) is 0 Å². The molecular weight excluding hydrogens is 200 g/mol. The number of nitrogens with zero attached hydrogens (tertiary/aromatic N) is 3. The summed E-state index contributed by atoms with van der Waals surface area (Å²) in [5, 5.41) is 3.18. The van der Waals surface area contributed by atoms with Gasteiger partial charge in [0.2, 0.25) is 0 Å². The van der Waals surface area contributed by atoms with Crippen molar-refractivity contribution in [3.63, 3.8) is 0 Å². The van der Waals surface area contributed by atoms with Gasteiger partial charge < -0.3 is 5.32 Å². The van der Waals surface area contributed by atoms with Crippen LogP contribution in [0.1, 0.15) is 13.8 Å². The molecular formula is C12H14N4. The Morgan fingerprint density at radius 3 is 2.69 bits per heavy atom. The summed E-state index contributed by atoms with van der Waals surface area (Å²) in [7, 11) is 0. The molecule has 0 spiro atoms. The van der Waals surface area contributed by atoms with E-state index in [0.717, 1.165) is 16.7 Å². The normalized spacial score (nSPS) is 10.7. The van der Waals surface area contributed by atoms with Crippen molar-refractivity contribution in [1.29, 1.82) is 0 Å². The average Bonchev–Trinajstić information content (AvgIpc) is 2.29. The fourth-order valence-corrected chi connectivity index (χ4v) is 1.28. The van der Waals surface area contributed by atoms with Crippen molar-refractivity contribution in [2.24, 2.45) is 5.92 Å². The summed E-state index contributed by atoms with van der Waals surface area (Å²) in [4.78, 5) is 12.7. The van der Waals surface area contributed by atoms with Crippen LogP contribution in [0.25, 0.3) is 11.0 Å². The zero-order valence-corrected chi connectivity index (χ0v) is 9.44. The molecule has 0 atom stereocenters. The van der Waals surface area contributed by atoms with E-state index in [4.69, 9.17) is 0 Å². The Morgan fingerprint density at radius 2 is 1.94 bits per heavy atom. The van der Waals surface area contributed by atoms with Gasteiger partial charge in [-0.05, 0) is 12.0 Å². The third kappa shape index (κ3) is 2.00. The molecule has 2 aromatic rings. The van der Waals surface area contributed by atoms with Crippen molar-refractivity contribution in [3.05, 3.63) is 36.9 Å². The van der Waals surface area contributed by atoms with Gasteiger partial charge in [-0.1, -0.05) is 20.4 Å². The van der Waals surface area contributed by atoms with E-state index in [1.165, 1.54) is 0 Å². The highest BCUT2D eigenvalue weighted by Crippen LogP contribution is 2.19. The Kier molecular flexibility index (Phi) is 2.81. The van der Waals surface area contributed by atoms with Gasteiger partial charge in [0.05, 0.1) is 5.52 Å². The minimum absolute atomic E-state index is 0.355. The van der Waals surface area contributed by atoms with Gasteiger partial charge in [0, 0.05) is 24.3 Å². The van der Waals surface area contributed by atoms with Gasteiger partial charge in [0.1, 0.15) is 5.52 Å². The van der Waals surface area contributed by atoms with E-state index in [0.29, 0.717) is 11.7 Å². The van der Waals surface area contributed by atoms with Crippen molar-refractivity contribution >= 4 is 16.9 Å². The number of nitrogens with one attached hydrogen (secondary N) is 1. The lowest BCUT2D eigenvalue weighted by Crippen LogP contribution is -2.06. The molecule has 2 heterocycles. The third-order valence-corrected chi connectivity index (χ3v) is 2.36. The highest BCUT2D eigenvalue weighted by Gasteiger charge is 2.06. The highest BCUT2D eigenvalue weighted by molar-refractivity contribution is 5.85. The summed E-state index contributed by atoms with van der Waals surface area (Å²) < 4.78 is 0. The predicted molar refractivity (Wildman–Crippen MR) is 64.9 cm³/mol. The predicted octanol–water partition coefficient (Wildman–Crippen LogP) is 2.61. The highest BCUT2D eigenvalue weighted by atomic mass is 15.0. The summed E-state index contributed by atoms with van der Waals surface area (Å²) in [5.41, 5.74) is 2.52. The van der Waals surface area contributed by atoms with Gasteiger partial charge in [-0.25, -0.2) is 9.97 Å². The Labute approximate surface area is 94.5 Å². The first-order chi connectivity index (χ1) is 7.68. The molecule has 0 bridgehead atoms. The number of fused-ring (bicyclic) bond motifs is 1. The number of hydrogen-bond donors (Lipinski definition) is 1. The van der Waals surface area contributed by atoms with Crippen LogP contribution < -0.4 is 5.32 Å². The standard InChI is InChI=1S/C12H14N4/c1-8(2)9(3)16-12-11-10(4-5-15-12)13-6-7-14-11/h4-8H,3H2,1-2H3,(H,15,16). The molecule has 0 fully saturated rings. The van der Waals surface area contributed by atoms with Crippen molar-refractivity contribution in [3.8, 4) is 0 Å². The van der Waals surface area contributed by atoms with Crippen LogP contribution >= 0.6 is 0 Å². The van der Waals surface area contributed by atoms with E-state index in [2.05, 4.69) is 40.7 Å². The van der Waals surface area contributed by atoms with Crippen LogP contribution in [0.2, 0.25) is 0 Å². The first-order valence-electron chi connectivity index (χ1n) is 5.20. The monoisotopic (exact) mass is 214 g/mol. The first kappa shape index (κ1) is 10.5. The Balaban J connectivity index is 2.41. The maximum Gasteiger partial charge on any atom is 0.158 e. The molecule has 2 rings (SSSR count). The molecule has 0 aromatic carbocycles. The number of rotatable bonds is 3. The smallest absolute Gasteiger partial charge is 0.158 e. The number of anilines is 1. The number of pyridine rings is 1. The van der Waals surface area contributed by atoms with Gasteiger partial charge in [-0.3, -0.25) is 4.98 Å². The van der Waals surface area contributed by atoms with E-state index < -0.39 is 0 Å². The molecule has 0 aliphatic heterocycles. The summed E-state index contributed by atoms with van der Waals surface area (Å²) in [6, 6.07) is 1.84. The van der Waals surface area contributed by atoms with Gasteiger partial charge in [0.15, 0.2) is 5.82 Å². The van der Waals surface area contributed by atoms with E-state index >= 15 is 0 Å². The molecule has 2 aromatic heterocycles. The number of allylic oxidation sites excluding steroid dienone is 1. The van der Waals surface area contributed by atoms with Crippen molar-refractivity contribution in [2.75, 3.05) is 5.32 Å². The molecule has 1 N–H and O–H groups in total. The molecule has 0 unspecified atom stereocenters. The van der Waals surface area contributed by atoms with E-state index in [1.54, 1.807) is 18.6 Å². The van der Waals surface area contributed by atoms with Gasteiger partial charge in [-0.15, -0.1) is 0 Å². The number of hydrogen-bond acceptors (Lipinski definition) is 4. The topological polar surface area (TPSA) is 50.7 Å². The number of aromatic nitrogens is 3. The van der Waals surface area contributed by atoms with Gasteiger partial charge >= 0.3 is 0 Å². The molecule has 82 valence electrons. The van der Waals surface area contributed by atoms with Crippen LogP contribution in [-0.4, -0.2) is 15.0 Å². The summed E-state index contributed by atoms with van der Waals surface area (Å²) in [6.07, 6.45) is 5.05. The van der Waals surface area contributed by atoms with E-state index in [9.17, 15) is 0 Å². The minimum atomic E-state index is 0.355. The van der Waals surface area contributed by atoms with Crippen LogP contribution in [0.4, 0.5) is 5.82 Å². The fourth-order valence-electron chi connectivity index (χ4n) is 1.28. The molecule has 0 radical (unpaired) electrons. The molecule has 4 heteroatoms. The Bertz CT molecular complexity index is 514. The first-order valence-corrected chi connectivity index (χ1v) is 5.20. The quantitative estimate of drug-likeness (QED) is 0.853. The second kappa shape index (κ2) is 4.26. The van der Waals surface area contributed by atoms with Gasteiger partial charge in [0.25, 0.3) is 0 Å². The molecule has 0 aliphatic carbocycles. The average molecular weight is 214 g/mol. The third-order valence-electron chi connectivity index (χ3n) is 2.36. The molecule has 0 amide bonds. The molecule has 0 saturated heterocycles. The zero-order valence-electron chi connectivity index (χ0n) is 9.44. The Morgan fingerprint density at radius 1 is 1.19 bits per heavy atom. The van der Waals surface area contributed by atoms with Crippen molar-refractivity contribution in [2.45, 2.75) is 13.8 Å². The van der Waals surface area contributed by atoms with Crippen molar-refractivity contribution < 1.29 is 0 Å². The second-order valence-electron chi connectivity index (χ2n) is 3.89. The van der Waals surface area contributed by atoms with E-state index in [-0.39, 0.29) is 0 Å². The van der Waals surface area contributed by atoms with Crippen LogP contribution in [0.15, 0.2) is 36.9 Å². The molecule has 16 heavy (non-hydrogen) atoms. The SMILES string of the molecule is C=C(Nc1nccc2nccnc12)C(C)C. The fraction of sp³-hybridized carbons (Fsp3) is 0.250. The lowest BCUT2D eigenvalue weighted by Gasteiger charge is -2.12. The summed E-state index contributed by atoms with van der Waals surface area (Å²) in [5.74, 6) is 1.07. The lowest BCUT2D eigenvalue weighted by atomic mass is 10.1. The van der Waals surface area contributed by atoms with Crippen LogP contribution in [0, 0.1) is 5.92 Å². The minimum Gasteiger partial charge on any atom is -0.342 e. The Hall–Kier alpha value is -1.97. The molecule has 0 aliphatic rings. The van der Waals surface area contributed by atoms with E-state index in [1.807, 2.05) is 6.07 Å². The summed E-state index contributed by atoms with van der Waals surface area (Å²) in [6.45, 7) is 8.11. The van der Waals surface area contributed by atoms with Gasteiger partial charge in [-0.2, -0.15) is 0 Å². The second-order valence-corrected chi connectivity index (χ2v) is 3.89. The van der Waals surface area contributed by atoms with Crippen LogP contribution in [-0.2, 0) is 0 Å². The van der Waals surface area contributed by atoms with Crippen LogP contribution in [0.3, 0.4) is 0 Å². The van der Waals surface area contributed by atoms with Crippen molar-refractivity contribution in [1.82, 2.24) is 15.0 Å². The zero-order chi connectivity index (χ0) is 11.5. The molecule has 0 saturated carbocycles. The maximum atomic E-state index is 4.26. The lowest BCUT2D eigenvalue weighted by molar-refractivity contribution is 0.777. The largest absolute Gasteiger partial charge is 0.342 e. The summed E-state index contributed by atoms with van der Waals surface area (Å²) >= 11 is 0. The molecule has 4 nitrogen and oxygen atoms in total. The maximum absolute atomic E-state index is 4.26.